The Morgan fingerprint density at radius 3 is 2.48 bits per heavy atom. The first-order valence-electron chi connectivity index (χ1n) is 10.9. The topological polar surface area (TPSA) is 38.9 Å². The van der Waals surface area contributed by atoms with Crippen molar-refractivity contribution in [3.05, 3.63) is 96.6 Å². The fourth-order valence-electron chi connectivity index (χ4n) is 4.63. The van der Waals surface area contributed by atoms with Crippen molar-refractivity contribution in [2.75, 3.05) is 0 Å². The molecule has 0 atom stereocenters. The van der Waals surface area contributed by atoms with Gasteiger partial charge in [-0.05, 0) is 31.2 Å². The van der Waals surface area contributed by atoms with Gasteiger partial charge in [0.15, 0.2) is 5.82 Å². The Kier molecular flexibility index (Phi) is 3.93. The van der Waals surface area contributed by atoms with Gasteiger partial charge >= 0.3 is 0 Å². The van der Waals surface area contributed by atoms with Crippen LogP contribution in [0, 0.1) is 6.92 Å². The molecule has 3 aromatic heterocycles. The summed E-state index contributed by atoms with van der Waals surface area (Å²) in [5.74, 6) is 0.739. The van der Waals surface area contributed by atoms with Crippen LogP contribution in [0.5, 0.6) is 0 Å². The molecule has 156 valence electrons. The normalized spacial score (nSPS) is 11.8. The zero-order valence-electron chi connectivity index (χ0n) is 17.9. The number of aromatic nitrogens is 2. The molecule has 7 rings (SSSR count). The van der Waals surface area contributed by atoms with Crippen LogP contribution < -0.4 is 0 Å². The standard InChI is InChI=1S/C29H18N2OS/c1-17-14-15-22-21(16-17)25-20(11-7-12-23(25)32-22)27-28-26(19-10-5-6-13-24(19)33-28)30-29(31-27)18-8-3-2-4-9-18/h2-16H,1H3. The molecule has 0 unspecified atom stereocenters. The molecule has 0 aliphatic rings. The van der Waals surface area contributed by atoms with E-state index >= 15 is 0 Å². The van der Waals surface area contributed by atoms with Gasteiger partial charge in [0, 0.05) is 32.0 Å². The maximum atomic E-state index is 6.22. The highest BCUT2D eigenvalue weighted by Gasteiger charge is 2.20. The van der Waals surface area contributed by atoms with Crippen molar-refractivity contribution >= 4 is 53.6 Å². The Labute approximate surface area is 194 Å². The Balaban J connectivity index is 1.65. The van der Waals surface area contributed by atoms with Crippen molar-refractivity contribution < 1.29 is 4.42 Å². The summed E-state index contributed by atoms with van der Waals surface area (Å²) in [6, 6.07) is 31.3. The molecule has 0 radical (unpaired) electrons. The van der Waals surface area contributed by atoms with Crippen LogP contribution in [0.3, 0.4) is 0 Å². The maximum absolute atomic E-state index is 6.22. The number of aryl methyl sites for hydroxylation is 1. The van der Waals surface area contributed by atoms with E-state index in [9.17, 15) is 0 Å². The minimum absolute atomic E-state index is 0.739. The molecular formula is C29H18N2OS. The van der Waals surface area contributed by atoms with E-state index in [0.29, 0.717) is 0 Å². The first kappa shape index (κ1) is 18.5. The van der Waals surface area contributed by atoms with Crippen LogP contribution in [0.1, 0.15) is 5.56 Å². The Morgan fingerprint density at radius 1 is 0.727 bits per heavy atom. The van der Waals surface area contributed by atoms with Gasteiger partial charge in [0.25, 0.3) is 0 Å². The van der Waals surface area contributed by atoms with E-state index in [4.69, 9.17) is 14.4 Å². The van der Waals surface area contributed by atoms with E-state index in [2.05, 4.69) is 73.7 Å². The summed E-state index contributed by atoms with van der Waals surface area (Å²) in [7, 11) is 0. The first-order chi connectivity index (χ1) is 16.3. The van der Waals surface area contributed by atoms with Crippen LogP contribution >= 0.6 is 11.3 Å². The summed E-state index contributed by atoms with van der Waals surface area (Å²) in [4.78, 5) is 10.2. The van der Waals surface area contributed by atoms with Crippen LogP contribution in [0.25, 0.3) is 64.9 Å². The van der Waals surface area contributed by atoms with E-state index in [0.717, 1.165) is 54.8 Å². The van der Waals surface area contributed by atoms with Gasteiger partial charge in [-0.25, -0.2) is 9.97 Å². The molecule has 7 aromatic rings. The third-order valence-electron chi connectivity index (χ3n) is 6.16. The fraction of sp³-hybridized carbons (Fsp3) is 0.0345. The number of hydrogen-bond acceptors (Lipinski definition) is 4. The van der Waals surface area contributed by atoms with E-state index in [1.165, 1.54) is 15.6 Å². The predicted octanol–water partition coefficient (Wildman–Crippen LogP) is 8.39. The molecule has 0 bridgehead atoms. The van der Waals surface area contributed by atoms with Gasteiger partial charge in [0.05, 0.1) is 15.9 Å². The van der Waals surface area contributed by atoms with E-state index in [1.54, 1.807) is 11.3 Å². The zero-order valence-corrected chi connectivity index (χ0v) is 18.7. The van der Waals surface area contributed by atoms with Crippen molar-refractivity contribution in [1.82, 2.24) is 9.97 Å². The number of hydrogen-bond donors (Lipinski definition) is 0. The number of nitrogens with zero attached hydrogens (tertiary/aromatic N) is 2. The highest BCUT2D eigenvalue weighted by atomic mass is 32.1. The molecule has 0 amide bonds. The second-order valence-corrected chi connectivity index (χ2v) is 9.37. The molecule has 3 nitrogen and oxygen atoms in total. The molecule has 0 fully saturated rings. The molecule has 4 heteroatoms. The Morgan fingerprint density at radius 2 is 1.58 bits per heavy atom. The van der Waals surface area contributed by atoms with Crippen molar-refractivity contribution in [2.45, 2.75) is 6.92 Å². The van der Waals surface area contributed by atoms with Crippen LogP contribution in [0.4, 0.5) is 0 Å². The number of rotatable bonds is 2. The SMILES string of the molecule is Cc1ccc2oc3cccc(-c4nc(-c5ccccc5)nc5c4sc4ccccc45)c3c2c1. The Hall–Kier alpha value is -4.02. The summed E-state index contributed by atoms with van der Waals surface area (Å²) < 4.78 is 8.53. The van der Waals surface area contributed by atoms with E-state index in [1.807, 2.05) is 24.3 Å². The van der Waals surface area contributed by atoms with Crippen LogP contribution in [0.2, 0.25) is 0 Å². The second-order valence-electron chi connectivity index (χ2n) is 8.32. The fourth-order valence-corrected chi connectivity index (χ4v) is 5.77. The minimum atomic E-state index is 0.739. The van der Waals surface area contributed by atoms with Gasteiger partial charge in [-0.1, -0.05) is 72.3 Å². The van der Waals surface area contributed by atoms with Crippen molar-refractivity contribution in [2.24, 2.45) is 0 Å². The lowest BCUT2D eigenvalue weighted by Gasteiger charge is -2.08. The summed E-state index contributed by atoms with van der Waals surface area (Å²) in [6.45, 7) is 2.11. The lowest BCUT2D eigenvalue weighted by molar-refractivity contribution is 0.669. The molecule has 0 aliphatic carbocycles. The molecule has 4 aromatic carbocycles. The summed E-state index contributed by atoms with van der Waals surface area (Å²) in [5, 5.41) is 3.39. The number of furan rings is 1. The van der Waals surface area contributed by atoms with Crippen molar-refractivity contribution in [1.29, 1.82) is 0 Å². The minimum Gasteiger partial charge on any atom is -0.456 e. The quantitative estimate of drug-likeness (QED) is 0.270. The predicted molar refractivity (Wildman–Crippen MR) is 138 cm³/mol. The molecule has 33 heavy (non-hydrogen) atoms. The second kappa shape index (κ2) is 6.99. The summed E-state index contributed by atoms with van der Waals surface area (Å²) in [5.41, 5.74) is 7.02. The third kappa shape index (κ3) is 2.81. The van der Waals surface area contributed by atoms with Crippen molar-refractivity contribution in [3.8, 4) is 22.6 Å². The van der Waals surface area contributed by atoms with Crippen molar-refractivity contribution in [3.63, 3.8) is 0 Å². The molecule has 0 spiro atoms. The van der Waals surface area contributed by atoms with Gasteiger partial charge in [-0.2, -0.15) is 0 Å². The molecule has 0 aliphatic heterocycles. The number of benzene rings is 4. The van der Waals surface area contributed by atoms with Gasteiger partial charge in [0.1, 0.15) is 11.2 Å². The van der Waals surface area contributed by atoms with Crippen LogP contribution in [-0.2, 0) is 0 Å². The maximum Gasteiger partial charge on any atom is 0.160 e. The molecular weight excluding hydrogens is 424 g/mol. The monoisotopic (exact) mass is 442 g/mol. The lowest BCUT2D eigenvalue weighted by Crippen LogP contribution is -1.93. The molecule has 0 saturated carbocycles. The summed E-state index contributed by atoms with van der Waals surface area (Å²) in [6.07, 6.45) is 0. The molecule has 3 heterocycles. The number of thiophene rings is 1. The number of fused-ring (bicyclic) bond motifs is 6. The average Bonchev–Trinajstić information content (AvgIpc) is 3.42. The van der Waals surface area contributed by atoms with Gasteiger partial charge in [-0.3, -0.25) is 0 Å². The zero-order chi connectivity index (χ0) is 21.9. The van der Waals surface area contributed by atoms with E-state index in [-0.39, 0.29) is 0 Å². The molecule has 0 saturated heterocycles. The van der Waals surface area contributed by atoms with Crippen LogP contribution in [0.15, 0.2) is 95.4 Å². The van der Waals surface area contributed by atoms with Gasteiger partial charge < -0.3 is 4.42 Å². The Bertz CT molecular complexity index is 1830. The highest BCUT2D eigenvalue weighted by molar-refractivity contribution is 7.26. The largest absolute Gasteiger partial charge is 0.456 e. The molecule has 0 N–H and O–H groups in total. The first-order valence-corrected chi connectivity index (χ1v) is 11.7. The van der Waals surface area contributed by atoms with Crippen LogP contribution in [-0.4, -0.2) is 9.97 Å². The summed E-state index contributed by atoms with van der Waals surface area (Å²) >= 11 is 1.75. The van der Waals surface area contributed by atoms with E-state index < -0.39 is 0 Å². The highest BCUT2D eigenvalue weighted by Crippen LogP contribution is 2.43. The smallest absolute Gasteiger partial charge is 0.160 e. The van der Waals surface area contributed by atoms with Gasteiger partial charge in [0.2, 0.25) is 0 Å². The third-order valence-corrected chi connectivity index (χ3v) is 7.32. The van der Waals surface area contributed by atoms with Gasteiger partial charge in [-0.15, -0.1) is 11.3 Å². The lowest BCUT2D eigenvalue weighted by atomic mass is 10.0. The average molecular weight is 443 g/mol.